The third kappa shape index (κ3) is 4.00. The number of aliphatic hydroxyl groups is 1. The number of piperidine rings is 1. The van der Waals surface area contributed by atoms with Crippen LogP contribution < -0.4 is 10.2 Å². The van der Waals surface area contributed by atoms with Crippen LogP contribution in [0.3, 0.4) is 0 Å². The molecule has 4 nitrogen and oxygen atoms in total. The van der Waals surface area contributed by atoms with Crippen LogP contribution in [-0.2, 0) is 6.54 Å². The second-order valence-electron chi connectivity index (χ2n) is 6.10. The summed E-state index contributed by atoms with van der Waals surface area (Å²) in [7, 11) is 0. The number of halogens is 2. The number of rotatable bonds is 5. The highest BCUT2D eigenvalue weighted by atomic mass is 19.1. The van der Waals surface area contributed by atoms with Crippen LogP contribution in [0.1, 0.15) is 18.4 Å². The first kappa shape index (κ1) is 16.6. The number of nitrogens with zero attached hydrogens (tertiary/aromatic N) is 2. The van der Waals surface area contributed by atoms with Gasteiger partial charge in [-0.2, -0.15) is 0 Å². The van der Waals surface area contributed by atoms with Crippen LogP contribution in [0.2, 0.25) is 0 Å². The molecule has 2 heterocycles. The van der Waals surface area contributed by atoms with Gasteiger partial charge in [0.1, 0.15) is 17.5 Å². The first-order valence-electron chi connectivity index (χ1n) is 8.15. The molecule has 0 atom stereocenters. The standard InChI is InChI=1S/C18H21F2N3O/c19-15-2-1-14(17(20)9-15)10-21-18-4-3-16(11-22-18)23-7-5-13(12-24)6-8-23/h1-4,9,11,13,24H,5-8,10,12H2,(H,21,22). The maximum absolute atomic E-state index is 13.6. The fraction of sp³-hybridized carbons (Fsp3) is 0.389. The molecule has 2 aromatic rings. The van der Waals surface area contributed by atoms with Gasteiger partial charge in [0.2, 0.25) is 0 Å². The summed E-state index contributed by atoms with van der Waals surface area (Å²) in [5.41, 5.74) is 1.44. The van der Waals surface area contributed by atoms with Crippen LogP contribution in [0.25, 0.3) is 0 Å². The van der Waals surface area contributed by atoms with Crippen molar-refractivity contribution < 1.29 is 13.9 Å². The minimum atomic E-state index is -0.580. The predicted octanol–water partition coefficient (Wildman–Crippen LogP) is 3.18. The number of aliphatic hydroxyl groups excluding tert-OH is 1. The maximum atomic E-state index is 13.6. The Morgan fingerprint density at radius 3 is 2.58 bits per heavy atom. The first-order chi connectivity index (χ1) is 11.7. The zero-order valence-corrected chi connectivity index (χ0v) is 13.4. The van der Waals surface area contributed by atoms with Gasteiger partial charge in [0, 0.05) is 37.9 Å². The number of nitrogens with one attached hydrogen (secondary N) is 1. The molecule has 1 fully saturated rings. The average Bonchev–Trinajstić information content (AvgIpc) is 2.62. The van der Waals surface area contributed by atoms with Crippen molar-refractivity contribution in [2.24, 2.45) is 5.92 Å². The maximum Gasteiger partial charge on any atom is 0.131 e. The lowest BCUT2D eigenvalue weighted by Gasteiger charge is -2.32. The lowest BCUT2D eigenvalue weighted by atomic mass is 9.98. The molecule has 1 saturated heterocycles. The quantitative estimate of drug-likeness (QED) is 0.882. The zero-order valence-electron chi connectivity index (χ0n) is 13.4. The summed E-state index contributed by atoms with van der Waals surface area (Å²) in [5.74, 6) is -0.0944. The predicted molar refractivity (Wildman–Crippen MR) is 89.9 cm³/mol. The van der Waals surface area contributed by atoms with Gasteiger partial charge in [0.25, 0.3) is 0 Å². The molecule has 0 radical (unpaired) electrons. The Morgan fingerprint density at radius 2 is 1.96 bits per heavy atom. The second kappa shape index (κ2) is 7.57. The Balaban J connectivity index is 1.57. The third-order valence-corrected chi connectivity index (χ3v) is 4.46. The van der Waals surface area contributed by atoms with Crippen LogP contribution >= 0.6 is 0 Å². The Bertz CT molecular complexity index is 670. The highest BCUT2D eigenvalue weighted by Gasteiger charge is 2.18. The van der Waals surface area contributed by atoms with E-state index >= 15 is 0 Å². The first-order valence-corrected chi connectivity index (χ1v) is 8.15. The molecular weight excluding hydrogens is 312 g/mol. The van der Waals surface area contributed by atoms with Gasteiger partial charge < -0.3 is 15.3 Å². The highest BCUT2D eigenvalue weighted by Crippen LogP contribution is 2.23. The van der Waals surface area contributed by atoms with Crippen molar-refractivity contribution in [1.29, 1.82) is 0 Å². The van der Waals surface area contributed by atoms with E-state index in [4.69, 9.17) is 0 Å². The third-order valence-electron chi connectivity index (χ3n) is 4.46. The molecule has 24 heavy (non-hydrogen) atoms. The molecule has 0 amide bonds. The van der Waals surface area contributed by atoms with Crippen molar-refractivity contribution >= 4 is 11.5 Å². The summed E-state index contributed by atoms with van der Waals surface area (Å²) >= 11 is 0. The van der Waals surface area contributed by atoms with Crippen molar-refractivity contribution in [3.8, 4) is 0 Å². The molecule has 0 bridgehead atoms. The van der Waals surface area contributed by atoms with Gasteiger partial charge in [0.05, 0.1) is 11.9 Å². The smallest absolute Gasteiger partial charge is 0.131 e. The van der Waals surface area contributed by atoms with E-state index in [0.29, 0.717) is 17.3 Å². The Labute approximate surface area is 140 Å². The number of anilines is 2. The average molecular weight is 333 g/mol. The Hall–Kier alpha value is -2.21. The summed E-state index contributed by atoms with van der Waals surface area (Å²) in [4.78, 5) is 6.61. The summed E-state index contributed by atoms with van der Waals surface area (Å²) in [6.45, 7) is 2.34. The van der Waals surface area contributed by atoms with Gasteiger partial charge in [-0.3, -0.25) is 0 Å². The van der Waals surface area contributed by atoms with Gasteiger partial charge in [-0.1, -0.05) is 6.07 Å². The lowest BCUT2D eigenvalue weighted by Crippen LogP contribution is -2.34. The van der Waals surface area contributed by atoms with E-state index in [0.717, 1.165) is 37.7 Å². The van der Waals surface area contributed by atoms with Gasteiger partial charge in [-0.05, 0) is 37.0 Å². The van der Waals surface area contributed by atoms with Crippen LogP contribution in [-0.4, -0.2) is 29.8 Å². The van der Waals surface area contributed by atoms with Crippen molar-refractivity contribution in [3.05, 3.63) is 53.7 Å². The summed E-state index contributed by atoms with van der Waals surface area (Å²) in [6.07, 6.45) is 3.77. The number of hydrogen-bond donors (Lipinski definition) is 2. The van der Waals surface area contributed by atoms with Gasteiger partial charge >= 0.3 is 0 Å². The summed E-state index contributed by atoms with van der Waals surface area (Å²) < 4.78 is 26.5. The number of pyridine rings is 1. The molecule has 2 N–H and O–H groups in total. The fourth-order valence-electron chi connectivity index (χ4n) is 2.90. The molecular formula is C18H21F2N3O. The van der Waals surface area contributed by atoms with Crippen LogP contribution in [0.15, 0.2) is 36.5 Å². The molecule has 1 aliphatic rings. The molecule has 128 valence electrons. The SMILES string of the molecule is OCC1CCN(c2ccc(NCc3ccc(F)cc3F)nc2)CC1. The minimum absolute atomic E-state index is 0.250. The van der Waals surface area contributed by atoms with Crippen molar-refractivity contribution in [2.75, 3.05) is 29.9 Å². The molecule has 1 aromatic carbocycles. The van der Waals surface area contributed by atoms with Crippen LogP contribution in [0.4, 0.5) is 20.3 Å². The van der Waals surface area contributed by atoms with Gasteiger partial charge in [-0.25, -0.2) is 13.8 Å². The monoisotopic (exact) mass is 333 g/mol. The molecule has 1 aromatic heterocycles. The topological polar surface area (TPSA) is 48.4 Å². The summed E-state index contributed by atoms with van der Waals surface area (Å²) in [5, 5.41) is 12.2. The normalized spacial score (nSPS) is 15.5. The minimum Gasteiger partial charge on any atom is -0.396 e. The van der Waals surface area contributed by atoms with E-state index in [1.807, 2.05) is 12.1 Å². The number of aromatic nitrogens is 1. The summed E-state index contributed by atoms with van der Waals surface area (Å²) in [6, 6.07) is 7.39. The second-order valence-corrected chi connectivity index (χ2v) is 6.10. The lowest BCUT2D eigenvalue weighted by molar-refractivity contribution is 0.203. The van der Waals surface area contributed by atoms with E-state index in [1.54, 1.807) is 6.20 Å². The van der Waals surface area contributed by atoms with Crippen LogP contribution in [0.5, 0.6) is 0 Å². The van der Waals surface area contributed by atoms with Crippen molar-refractivity contribution in [3.63, 3.8) is 0 Å². The van der Waals surface area contributed by atoms with E-state index < -0.39 is 11.6 Å². The van der Waals surface area contributed by atoms with Gasteiger partial charge in [0.15, 0.2) is 0 Å². The van der Waals surface area contributed by atoms with Crippen molar-refractivity contribution in [1.82, 2.24) is 4.98 Å². The van der Waals surface area contributed by atoms with Crippen LogP contribution in [0, 0.1) is 17.6 Å². The Morgan fingerprint density at radius 1 is 1.17 bits per heavy atom. The molecule has 0 aliphatic carbocycles. The molecule has 1 aliphatic heterocycles. The number of hydrogen-bond acceptors (Lipinski definition) is 4. The van der Waals surface area contributed by atoms with E-state index in [9.17, 15) is 13.9 Å². The fourth-order valence-corrected chi connectivity index (χ4v) is 2.90. The van der Waals surface area contributed by atoms with Crippen molar-refractivity contribution in [2.45, 2.75) is 19.4 Å². The largest absolute Gasteiger partial charge is 0.396 e. The zero-order chi connectivity index (χ0) is 16.9. The van der Waals surface area contributed by atoms with E-state index in [2.05, 4.69) is 15.2 Å². The van der Waals surface area contributed by atoms with Gasteiger partial charge in [-0.15, -0.1) is 0 Å². The molecule has 6 heteroatoms. The molecule has 3 rings (SSSR count). The Kier molecular flexibility index (Phi) is 5.25. The molecule has 0 unspecified atom stereocenters. The van der Waals surface area contributed by atoms with E-state index in [-0.39, 0.29) is 13.2 Å². The highest BCUT2D eigenvalue weighted by molar-refractivity contribution is 5.50. The van der Waals surface area contributed by atoms with E-state index in [1.165, 1.54) is 12.1 Å². The molecule has 0 saturated carbocycles. The molecule has 0 spiro atoms. The number of benzene rings is 1.